The molecule has 0 unspecified atom stereocenters. The average Bonchev–Trinajstić information content (AvgIpc) is 3.39. The number of rotatable bonds is 7. The van der Waals surface area contributed by atoms with Gasteiger partial charge < -0.3 is 9.64 Å². The van der Waals surface area contributed by atoms with E-state index in [1.807, 2.05) is 0 Å². The van der Waals surface area contributed by atoms with Gasteiger partial charge in [-0.3, -0.25) is 9.69 Å². The van der Waals surface area contributed by atoms with Crippen LogP contribution in [0, 0.1) is 23.7 Å². The first-order chi connectivity index (χ1) is 12.2. The number of carbonyl (C=O) groups excluding carboxylic acids is 1. The topological polar surface area (TPSA) is 32.8 Å². The Morgan fingerprint density at radius 1 is 0.920 bits per heavy atom. The van der Waals surface area contributed by atoms with E-state index in [1.54, 1.807) is 0 Å². The van der Waals surface area contributed by atoms with Gasteiger partial charge in [0.2, 0.25) is 5.91 Å². The van der Waals surface area contributed by atoms with E-state index >= 15 is 0 Å². The maximum absolute atomic E-state index is 12.6. The molecule has 0 radical (unpaired) electrons. The van der Waals surface area contributed by atoms with Crippen molar-refractivity contribution in [2.24, 2.45) is 23.7 Å². The summed E-state index contributed by atoms with van der Waals surface area (Å²) in [5, 5.41) is 0. The molecule has 5 aliphatic rings. The van der Waals surface area contributed by atoms with Gasteiger partial charge in [-0.1, -0.05) is 6.42 Å². The summed E-state index contributed by atoms with van der Waals surface area (Å²) in [4.78, 5) is 17.5. The fourth-order valence-corrected chi connectivity index (χ4v) is 5.13. The molecule has 4 nitrogen and oxygen atoms in total. The van der Waals surface area contributed by atoms with Crippen LogP contribution in [0.3, 0.4) is 0 Å². The van der Waals surface area contributed by atoms with Crippen molar-refractivity contribution in [1.82, 2.24) is 9.80 Å². The number of amides is 1. The first-order valence-electron chi connectivity index (χ1n) is 10.8. The van der Waals surface area contributed by atoms with Gasteiger partial charge in [0.15, 0.2) is 0 Å². The van der Waals surface area contributed by atoms with Crippen LogP contribution in [-0.4, -0.2) is 60.6 Å². The Kier molecular flexibility index (Phi) is 4.32. The second-order valence-corrected chi connectivity index (χ2v) is 9.78. The van der Waals surface area contributed by atoms with Crippen molar-refractivity contribution in [3.8, 4) is 0 Å². The highest BCUT2D eigenvalue weighted by Gasteiger charge is 2.53. The van der Waals surface area contributed by atoms with Gasteiger partial charge in [0, 0.05) is 38.8 Å². The fourth-order valence-electron chi connectivity index (χ4n) is 5.13. The molecular weight excluding hydrogens is 312 g/mol. The molecule has 0 aromatic rings. The lowest BCUT2D eigenvalue weighted by Crippen LogP contribution is -2.74. The monoisotopic (exact) mass is 346 g/mol. The van der Waals surface area contributed by atoms with Crippen molar-refractivity contribution in [3.05, 3.63) is 0 Å². The summed E-state index contributed by atoms with van der Waals surface area (Å²) in [6.07, 6.45) is 11.6. The standard InChI is InChI=1S/C21H34N2O2/c24-20(19-2-1-3-19)22-14-21(15-22)10-18(13-25-12-17-6-7-17)8-9-23(21)11-16-4-5-16/h16-19H,1-15H2/t18-/m0/s1. The lowest BCUT2D eigenvalue weighted by atomic mass is 9.73. The molecule has 0 aromatic carbocycles. The molecule has 1 amide bonds. The SMILES string of the molecule is O=C(C1CCC1)N1CC2(C[C@@H](COCC3CC3)CCN2CC2CC2)C1. The van der Waals surface area contributed by atoms with Crippen LogP contribution in [0.1, 0.15) is 57.8 Å². The Balaban J connectivity index is 1.18. The van der Waals surface area contributed by atoms with Gasteiger partial charge >= 0.3 is 0 Å². The van der Waals surface area contributed by atoms with Crippen molar-refractivity contribution >= 4 is 5.91 Å². The number of hydrogen-bond donors (Lipinski definition) is 0. The molecule has 2 saturated heterocycles. The van der Waals surface area contributed by atoms with Gasteiger partial charge in [0.1, 0.15) is 0 Å². The summed E-state index contributed by atoms with van der Waals surface area (Å²) in [6.45, 7) is 6.43. The smallest absolute Gasteiger partial charge is 0.225 e. The minimum atomic E-state index is 0.286. The number of nitrogens with zero attached hydrogens (tertiary/aromatic N) is 2. The fraction of sp³-hybridized carbons (Fsp3) is 0.952. The maximum atomic E-state index is 12.6. The molecule has 2 heterocycles. The van der Waals surface area contributed by atoms with Crippen LogP contribution >= 0.6 is 0 Å². The highest BCUT2D eigenvalue weighted by Crippen LogP contribution is 2.43. The summed E-state index contributed by atoms with van der Waals surface area (Å²) in [5.74, 6) is 3.32. The van der Waals surface area contributed by atoms with E-state index in [9.17, 15) is 4.79 Å². The molecule has 2 aliphatic heterocycles. The number of carbonyl (C=O) groups is 1. The molecular formula is C21H34N2O2. The zero-order chi connectivity index (χ0) is 16.9. The predicted octanol–water partition coefficient (Wildman–Crippen LogP) is 2.92. The summed E-state index contributed by atoms with van der Waals surface area (Å²) in [5.41, 5.74) is 0.286. The molecule has 5 fully saturated rings. The number of piperidine rings is 1. The summed E-state index contributed by atoms with van der Waals surface area (Å²) >= 11 is 0. The number of likely N-dealkylation sites (tertiary alicyclic amines) is 2. The van der Waals surface area contributed by atoms with Gasteiger partial charge in [0.05, 0.1) is 5.54 Å². The molecule has 25 heavy (non-hydrogen) atoms. The molecule has 0 bridgehead atoms. The first-order valence-corrected chi connectivity index (χ1v) is 10.8. The molecule has 1 spiro atoms. The Labute approximate surface area is 152 Å². The average molecular weight is 347 g/mol. The van der Waals surface area contributed by atoms with Gasteiger partial charge in [-0.05, 0) is 75.7 Å². The van der Waals surface area contributed by atoms with Crippen LogP contribution in [-0.2, 0) is 9.53 Å². The molecule has 1 atom stereocenters. The highest BCUT2D eigenvalue weighted by atomic mass is 16.5. The van der Waals surface area contributed by atoms with Gasteiger partial charge in [-0.2, -0.15) is 0 Å². The molecule has 5 rings (SSSR count). The Morgan fingerprint density at radius 2 is 1.64 bits per heavy atom. The molecule has 140 valence electrons. The van der Waals surface area contributed by atoms with Crippen LogP contribution in [0.4, 0.5) is 0 Å². The van der Waals surface area contributed by atoms with Crippen molar-refractivity contribution in [2.75, 3.05) is 39.4 Å². The quantitative estimate of drug-likeness (QED) is 0.710. The third-order valence-corrected chi connectivity index (χ3v) is 7.46. The Hall–Kier alpha value is -0.610. The lowest BCUT2D eigenvalue weighted by molar-refractivity contribution is -0.160. The summed E-state index contributed by atoms with van der Waals surface area (Å²) in [7, 11) is 0. The minimum Gasteiger partial charge on any atom is -0.381 e. The lowest BCUT2D eigenvalue weighted by Gasteiger charge is -2.60. The van der Waals surface area contributed by atoms with Crippen LogP contribution in [0.15, 0.2) is 0 Å². The molecule has 0 aromatic heterocycles. The number of ether oxygens (including phenoxy) is 1. The van der Waals surface area contributed by atoms with E-state index in [0.29, 0.717) is 17.7 Å². The van der Waals surface area contributed by atoms with Crippen LogP contribution in [0.2, 0.25) is 0 Å². The molecule has 4 heteroatoms. The maximum Gasteiger partial charge on any atom is 0.225 e. The van der Waals surface area contributed by atoms with Crippen LogP contribution in [0.25, 0.3) is 0 Å². The van der Waals surface area contributed by atoms with Crippen LogP contribution < -0.4 is 0 Å². The molecule has 0 N–H and O–H groups in total. The third kappa shape index (κ3) is 3.49. The zero-order valence-corrected chi connectivity index (χ0v) is 15.6. The van der Waals surface area contributed by atoms with Gasteiger partial charge in [-0.15, -0.1) is 0 Å². The van der Waals surface area contributed by atoms with E-state index in [4.69, 9.17) is 4.74 Å². The van der Waals surface area contributed by atoms with Crippen molar-refractivity contribution < 1.29 is 9.53 Å². The van der Waals surface area contributed by atoms with E-state index in [0.717, 1.165) is 51.0 Å². The Bertz CT molecular complexity index is 504. The minimum absolute atomic E-state index is 0.286. The Morgan fingerprint density at radius 3 is 2.28 bits per heavy atom. The largest absolute Gasteiger partial charge is 0.381 e. The van der Waals surface area contributed by atoms with Crippen molar-refractivity contribution in [2.45, 2.75) is 63.3 Å². The predicted molar refractivity (Wildman–Crippen MR) is 97.2 cm³/mol. The first kappa shape index (κ1) is 16.6. The van der Waals surface area contributed by atoms with Crippen molar-refractivity contribution in [3.63, 3.8) is 0 Å². The molecule has 3 saturated carbocycles. The van der Waals surface area contributed by atoms with Gasteiger partial charge in [0.25, 0.3) is 0 Å². The third-order valence-electron chi connectivity index (χ3n) is 7.46. The van der Waals surface area contributed by atoms with E-state index in [-0.39, 0.29) is 5.54 Å². The highest BCUT2D eigenvalue weighted by molar-refractivity contribution is 5.80. The zero-order valence-electron chi connectivity index (χ0n) is 15.6. The number of hydrogen-bond acceptors (Lipinski definition) is 3. The normalized spacial score (nSPS) is 32.5. The molecule has 3 aliphatic carbocycles. The van der Waals surface area contributed by atoms with E-state index in [2.05, 4.69) is 9.80 Å². The van der Waals surface area contributed by atoms with E-state index < -0.39 is 0 Å². The van der Waals surface area contributed by atoms with E-state index in [1.165, 1.54) is 58.0 Å². The van der Waals surface area contributed by atoms with Gasteiger partial charge in [-0.25, -0.2) is 0 Å². The second kappa shape index (κ2) is 6.53. The summed E-state index contributed by atoms with van der Waals surface area (Å²) < 4.78 is 6.03. The summed E-state index contributed by atoms with van der Waals surface area (Å²) in [6, 6.07) is 0. The van der Waals surface area contributed by atoms with Crippen LogP contribution in [0.5, 0.6) is 0 Å². The second-order valence-electron chi connectivity index (χ2n) is 9.78. The van der Waals surface area contributed by atoms with Crippen molar-refractivity contribution in [1.29, 1.82) is 0 Å².